The number of carbonyl (C=O) groups is 1. The molecule has 0 radical (unpaired) electrons. The molecule has 9 heteroatoms. The molecule has 1 fully saturated rings. The zero-order valence-electron chi connectivity index (χ0n) is 15.9. The zero-order chi connectivity index (χ0) is 21.5. The topological polar surface area (TPSA) is 77.6 Å². The number of rotatable bonds is 5. The molecular formula is C21H19F4N3O2. The third kappa shape index (κ3) is 3.36. The number of fused-ring (bicyclic) bond motifs is 1. The molecule has 3 heterocycles. The van der Waals surface area contributed by atoms with E-state index in [2.05, 4.69) is 9.98 Å². The van der Waals surface area contributed by atoms with Crippen LogP contribution in [0.4, 0.5) is 17.6 Å². The number of aromatic nitrogens is 1. The molecule has 5 nitrogen and oxygen atoms in total. The Kier molecular flexibility index (Phi) is 5.09. The van der Waals surface area contributed by atoms with E-state index >= 15 is 0 Å². The monoisotopic (exact) mass is 421 g/mol. The van der Waals surface area contributed by atoms with Gasteiger partial charge < -0.3 is 10.5 Å². The minimum absolute atomic E-state index is 0.0332. The van der Waals surface area contributed by atoms with Crippen LogP contribution in [0.15, 0.2) is 41.5 Å². The fraction of sp³-hybridized carbons (Fsp3) is 0.381. The molecule has 3 atom stereocenters. The molecule has 0 bridgehead atoms. The Hall–Kier alpha value is -2.81. The van der Waals surface area contributed by atoms with Crippen molar-refractivity contribution in [1.82, 2.24) is 4.98 Å². The number of halogens is 4. The van der Waals surface area contributed by atoms with Crippen LogP contribution in [0.2, 0.25) is 0 Å². The average molecular weight is 421 g/mol. The molecule has 2 aromatic rings. The first-order valence-electron chi connectivity index (χ1n) is 9.39. The van der Waals surface area contributed by atoms with Crippen molar-refractivity contribution in [3.05, 3.63) is 65.0 Å². The van der Waals surface area contributed by atoms with E-state index in [0.29, 0.717) is 5.56 Å². The van der Waals surface area contributed by atoms with Gasteiger partial charge in [-0.1, -0.05) is 6.07 Å². The number of ether oxygens (including phenoxy) is 1. The maximum absolute atomic E-state index is 14.8. The van der Waals surface area contributed by atoms with Crippen molar-refractivity contribution in [3.8, 4) is 0 Å². The highest BCUT2D eigenvalue weighted by Crippen LogP contribution is 2.48. The minimum atomic E-state index is -2.40. The summed E-state index contributed by atoms with van der Waals surface area (Å²) in [5.41, 5.74) is 2.70. The fourth-order valence-corrected chi connectivity index (χ4v) is 4.09. The number of nitrogens with zero attached hydrogens (tertiary/aromatic N) is 2. The number of pyridine rings is 1. The van der Waals surface area contributed by atoms with Gasteiger partial charge in [-0.3, -0.25) is 14.8 Å². The van der Waals surface area contributed by atoms with Gasteiger partial charge in [-0.05, 0) is 36.2 Å². The largest absolute Gasteiger partial charge is 0.385 e. The third-order valence-corrected chi connectivity index (χ3v) is 5.75. The molecule has 1 saturated heterocycles. The van der Waals surface area contributed by atoms with E-state index in [0.717, 1.165) is 12.3 Å². The molecule has 1 aromatic carbocycles. The van der Waals surface area contributed by atoms with E-state index in [1.807, 2.05) is 0 Å². The second kappa shape index (κ2) is 7.46. The van der Waals surface area contributed by atoms with Crippen LogP contribution >= 0.6 is 0 Å². The van der Waals surface area contributed by atoms with E-state index in [1.54, 1.807) is 0 Å². The first kappa shape index (κ1) is 20.5. The molecule has 4 rings (SSSR count). The van der Waals surface area contributed by atoms with Gasteiger partial charge in [0.1, 0.15) is 35.4 Å². The van der Waals surface area contributed by atoms with Crippen LogP contribution < -0.4 is 5.73 Å². The van der Waals surface area contributed by atoms with Crippen molar-refractivity contribution >= 4 is 11.6 Å². The molecule has 2 aliphatic heterocycles. The summed E-state index contributed by atoms with van der Waals surface area (Å²) in [6, 6.07) is 6.50. The van der Waals surface area contributed by atoms with Gasteiger partial charge in [-0.2, -0.15) is 0 Å². The van der Waals surface area contributed by atoms with Crippen molar-refractivity contribution in [2.45, 2.75) is 24.0 Å². The van der Waals surface area contributed by atoms with Crippen LogP contribution in [0.3, 0.4) is 0 Å². The molecule has 2 N–H and O–H groups in total. The van der Waals surface area contributed by atoms with Crippen molar-refractivity contribution in [3.63, 3.8) is 0 Å². The second-order valence-corrected chi connectivity index (χ2v) is 7.71. The van der Waals surface area contributed by atoms with E-state index in [-0.39, 0.29) is 43.1 Å². The molecule has 0 amide bonds. The lowest BCUT2D eigenvalue weighted by atomic mass is 9.72. The quantitative estimate of drug-likeness (QED) is 0.595. The number of hydrogen-bond donors (Lipinski definition) is 1. The van der Waals surface area contributed by atoms with Gasteiger partial charge in [0.05, 0.1) is 19.4 Å². The number of amidine groups is 1. The predicted octanol–water partition coefficient (Wildman–Crippen LogP) is 3.07. The van der Waals surface area contributed by atoms with Gasteiger partial charge in [-0.25, -0.2) is 17.6 Å². The lowest BCUT2D eigenvalue weighted by molar-refractivity contribution is 0.0988. The van der Waals surface area contributed by atoms with Crippen LogP contribution in [-0.2, 0) is 16.7 Å². The average Bonchev–Trinajstić information content (AvgIpc) is 3.13. The van der Waals surface area contributed by atoms with E-state index < -0.39 is 41.3 Å². The van der Waals surface area contributed by atoms with Gasteiger partial charge in [0, 0.05) is 17.9 Å². The molecule has 30 heavy (non-hydrogen) atoms. The summed E-state index contributed by atoms with van der Waals surface area (Å²) >= 11 is 0. The Balaban J connectivity index is 1.69. The number of Topliss-reactive ketones (excluding diaryl/α,β-unsaturated/α-hetero) is 1. The molecule has 158 valence electrons. The normalized spacial score (nSPS) is 28.1. The van der Waals surface area contributed by atoms with Crippen LogP contribution in [0, 0.1) is 17.6 Å². The summed E-state index contributed by atoms with van der Waals surface area (Å²) in [4.78, 5) is 20.4. The smallest absolute Gasteiger partial charge is 0.195 e. The molecule has 2 aliphatic rings. The van der Waals surface area contributed by atoms with E-state index in [9.17, 15) is 22.4 Å². The Bertz CT molecular complexity index is 1010. The number of ketones is 1. The number of hydrogen-bond acceptors (Lipinski definition) is 5. The van der Waals surface area contributed by atoms with Crippen LogP contribution in [0.25, 0.3) is 0 Å². The molecule has 0 aliphatic carbocycles. The molecule has 0 saturated carbocycles. The maximum Gasteiger partial charge on any atom is 0.195 e. The summed E-state index contributed by atoms with van der Waals surface area (Å²) < 4.78 is 61.3. The van der Waals surface area contributed by atoms with Crippen molar-refractivity contribution in [1.29, 1.82) is 0 Å². The first-order valence-corrected chi connectivity index (χ1v) is 9.39. The van der Waals surface area contributed by atoms with Gasteiger partial charge in [0.15, 0.2) is 11.5 Å². The van der Waals surface area contributed by atoms with Gasteiger partial charge in [0.25, 0.3) is 0 Å². The lowest BCUT2D eigenvalue weighted by Crippen LogP contribution is -2.53. The number of carbonyl (C=O) groups excluding carboxylic acids is 1. The Morgan fingerprint density at radius 1 is 1.27 bits per heavy atom. The van der Waals surface area contributed by atoms with Gasteiger partial charge >= 0.3 is 0 Å². The van der Waals surface area contributed by atoms with E-state index in [1.165, 1.54) is 24.3 Å². The SMILES string of the molecule is NC1=N[C@@]2(c3cc(CC(=O)c4ccc(F)cn4)ccc3F)COC[C@H]2C[C@]1(F)CF. The molecule has 0 spiro atoms. The fourth-order valence-electron chi connectivity index (χ4n) is 4.09. The standard InChI is InChI=1S/C21H19F4N3O2/c22-10-20(25)7-13-9-30-11-21(13,28-19(20)26)15-5-12(1-3-16(15)24)6-18(29)17-4-2-14(23)8-27-17/h1-5,8,13H,6-7,9-11H2,(H2,26,28)/t13-,20+,21+/m1/s1. The summed E-state index contributed by atoms with van der Waals surface area (Å²) in [6.07, 6.45) is 0.557. The highest BCUT2D eigenvalue weighted by molar-refractivity contribution is 5.95. The highest BCUT2D eigenvalue weighted by Gasteiger charge is 2.56. The highest BCUT2D eigenvalue weighted by atomic mass is 19.2. The zero-order valence-corrected chi connectivity index (χ0v) is 15.9. The summed E-state index contributed by atoms with van der Waals surface area (Å²) in [5, 5.41) is 0. The number of benzene rings is 1. The van der Waals surface area contributed by atoms with Crippen LogP contribution in [0.5, 0.6) is 0 Å². The maximum atomic E-state index is 14.8. The van der Waals surface area contributed by atoms with Crippen molar-refractivity contribution in [2.24, 2.45) is 16.6 Å². The molecule has 0 unspecified atom stereocenters. The minimum Gasteiger partial charge on any atom is -0.385 e. The Labute approximate surface area is 170 Å². The summed E-state index contributed by atoms with van der Waals surface area (Å²) in [5.74, 6) is -2.68. The second-order valence-electron chi connectivity index (χ2n) is 7.71. The molecule has 1 aromatic heterocycles. The summed E-state index contributed by atoms with van der Waals surface area (Å²) in [6.45, 7) is -1.27. The first-order chi connectivity index (χ1) is 14.3. The van der Waals surface area contributed by atoms with Gasteiger partial charge in [-0.15, -0.1) is 0 Å². The van der Waals surface area contributed by atoms with Crippen LogP contribution in [-0.4, -0.2) is 42.2 Å². The number of aliphatic imine (C=N–C) groups is 1. The van der Waals surface area contributed by atoms with Gasteiger partial charge in [0.2, 0.25) is 0 Å². The number of nitrogens with two attached hydrogens (primary N) is 1. The summed E-state index contributed by atoms with van der Waals surface area (Å²) in [7, 11) is 0. The van der Waals surface area contributed by atoms with Crippen molar-refractivity contribution < 1.29 is 27.1 Å². The van der Waals surface area contributed by atoms with Crippen molar-refractivity contribution in [2.75, 3.05) is 19.9 Å². The number of alkyl halides is 2. The van der Waals surface area contributed by atoms with E-state index in [4.69, 9.17) is 10.5 Å². The molecular weight excluding hydrogens is 402 g/mol. The lowest BCUT2D eigenvalue weighted by Gasteiger charge is -2.40. The Morgan fingerprint density at radius 2 is 2.07 bits per heavy atom. The third-order valence-electron chi connectivity index (χ3n) is 5.75. The predicted molar refractivity (Wildman–Crippen MR) is 101 cm³/mol. The Morgan fingerprint density at radius 3 is 2.77 bits per heavy atom. The van der Waals surface area contributed by atoms with Crippen LogP contribution in [0.1, 0.15) is 28.0 Å².